The van der Waals surface area contributed by atoms with Crippen molar-refractivity contribution in [2.45, 2.75) is 18.8 Å². The van der Waals surface area contributed by atoms with Crippen LogP contribution in [0.1, 0.15) is 6.42 Å². The van der Waals surface area contributed by atoms with E-state index in [1.807, 2.05) is 0 Å². The monoisotopic (exact) mass is 243 g/mol. The Kier molecular flexibility index (Phi) is 3.39. The summed E-state index contributed by atoms with van der Waals surface area (Å²) in [6.07, 6.45) is -7.38. The first-order valence-electron chi connectivity index (χ1n) is 4.44. The van der Waals surface area contributed by atoms with Crippen LogP contribution in [0.4, 0.5) is 17.6 Å². The molecule has 1 saturated heterocycles. The van der Waals surface area contributed by atoms with E-state index in [4.69, 9.17) is 5.11 Å². The Hall–Kier alpha value is -1.34. The highest BCUT2D eigenvalue weighted by atomic mass is 19.4. The van der Waals surface area contributed by atoms with Crippen LogP contribution in [0.25, 0.3) is 0 Å². The second-order valence-electron chi connectivity index (χ2n) is 3.62. The molecule has 0 bridgehead atoms. The summed E-state index contributed by atoms with van der Waals surface area (Å²) in [4.78, 5) is 21.2. The third kappa shape index (κ3) is 2.83. The summed E-state index contributed by atoms with van der Waals surface area (Å²) in [7, 11) is 0. The Morgan fingerprint density at radius 1 is 1.38 bits per heavy atom. The van der Waals surface area contributed by atoms with Crippen molar-refractivity contribution in [1.82, 2.24) is 4.90 Å². The number of nitrogens with zero attached hydrogens (tertiary/aromatic N) is 1. The maximum absolute atomic E-state index is 12.6. The first-order chi connectivity index (χ1) is 7.21. The van der Waals surface area contributed by atoms with Crippen LogP contribution >= 0.6 is 0 Å². The van der Waals surface area contributed by atoms with Crippen molar-refractivity contribution >= 4 is 11.9 Å². The number of carboxylic acids is 1. The predicted molar refractivity (Wildman–Crippen MR) is 43.3 cm³/mol. The number of carboxylic acid groups (broad SMARTS) is 1. The zero-order valence-electron chi connectivity index (χ0n) is 8.00. The summed E-state index contributed by atoms with van der Waals surface area (Å²) in [6, 6.07) is 0. The van der Waals surface area contributed by atoms with E-state index < -0.39 is 30.1 Å². The first kappa shape index (κ1) is 12.7. The maximum Gasteiger partial charge on any atom is 0.471 e. The Morgan fingerprint density at radius 2 is 1.88 bits per heavy atom. The average Bonchev–Trinajstić information content (AvgIpc) is 2.07. The van der Waals surface area contributed by atoms with E-state index in [-0.39, 0.29) is 19.5 Å². The van der Waals surface area contributed by atoms with Gasteiger partial charge in [-0.3, -0.25) is 4.79 Å². The quantitative estimate of drug-likeness (QED) is 0.746. The molecule has 1 aliphatic heterocycles. The Balaban J connectivity index is 2.33. The summed E-state index contributed by atoms with van der Waals surface area (Å²) in [5.74, 6) is -4.12. The van der Waals surface area contributed by atoms with Crippen LogP contribution in [0, 0.1) is 5.92 Å². The highest BCUT2D eigenvalue weighted by Gasteiger charge is 2.47. The molecule has 1 amide bonds. The SMILES string of the molecule is O=C(O)C(F)CC1CN(C(=O)C(F)(F)F)C1. The van der Waals surface area contributed by atoms with Gasteiger partial charge in [0.05, 0.1) is 0 Å². The van der Waals surface area contributed by atoms with Gasteiger partial charge in [-0.1, -0.05) is 0 Å². The number of alkyl halides is 4. The number of carbonyl (C=O) groups is 2. The summed E-state index contributed by atoms with van der Waals surface area (Å²) >= 11 is 0. The van der Waals surface area contributed by atoms with Gasteiger partial charge >= 0.3 is 18.1 Å². The molecular weight excluding hydrogens is 234 g/mol. The van der Waals surface area contributed by atoms with Gasteiger partial charge in [-0.2, -0.15) is 13.2 Å². The van der Waals surface area contributed by atoms with Gasteiger partial charge in [0.15, 0.2) is 6.17 Å². The number of amides is 1. The van der Waals surface area contributed by atoms with Crippen LogP contribution in [-0.2, 0) is 9.59 Å². The van der Waals surface area contributed by atoms with Gasteiger partial charge in [-0.25, -0.2) is 9.18 Å². The van der Waals surface area contributed by atoms with Gasteiger partial charge in [0.2, 0.25) is 0 Å². The lowest BCUT2D eigenvalue weighted by Crippen LogP contribution is -2.55. The summed E-state index contributed by atoms with van der Waals surface area (Å²) < 4.78 is 48.3. The van der Waals surface area contributed by atoms with Crippen molar-refractivity contribution in [3.8, 4) is 0 Å². The molecule has 1 fully saturated rings. The van der Waals surface area contributed by atoms with E-state index >= 15 is 0 Å². The van der Waals surface area contributed by atoms with Gasteiger partial charge in [0.25, 0.3) is 0 Å². The number of halogens is 4. The van der Waals surface area contributed by atoms with Gasteiger partial charge in [0.1, 0.15) is 0 Å². The van der Waals surface area contributed by atoms with Gasteiger partial charge in [-0.15, -0.1) is 0 Å². The number of hydrogen-bond donors (Lipinski definition) is 1. The molecule has 16 heavy (non-hydrogen) atoms. The second-order valence-corrected chi connectivity index (χ2v) is 3.62. The minimum absolute atomic E-state index is 0.244. The van der Waals surface area contributed by atoms with Crippen LogP contribution in [0.2, 0.25) is 0 Å². The molecule has 92 valence electrons. The summed E-state index contributed by atoms with van der Waals surface area (Å²) in [6.45, 7) is -0.488. The number of aliphatic carboxylic acids is 1. The van der Waals surface area contributed by atoms with Crippen molar-refractivity contribution < 1.29 is 32.3 Å². The molecule has 1 atom stereocenters. The second kappa shape index (κ2) is 4.26. The Labute approximate surface area is 87.8 Å². The summed E-state index contributed by atoms with van der Waals surface area (Å²) in [5, 5.41) is 8.22. The molecule has 1 unspecified atom stereocenters. The molecule has 0 aromatic heterocycles. The minimum Gasteiger partial charge on any atom is -0.479 e. The fourth-order valence-electron chi connectivity index (χ4n) is 1.46. The fraction of sp³-hybridized carbons (Fsp3) is 0.750. The van der Waals surface area contributed by atoms with Crippen LogP contribution in [0.15, 0.2) is 0 Å². The molecule has 1 heterocycles. The highest BCUT2D eigenvalue weighted by Crippen LogP contribution is 2.27. The highest BCUT2D eigenvalue weighted by molar-refractivity contribution is 5.82. The molecule has 0 aromatic carbocycles. The topological polar surface area (TPSA) is 57.6 Å². The molecule has 1 rings (SSSR count). The molecular formula is C8H9F4NO3. The molecule has 4 nitrogen and oxygen atoms in total. The lowest BCUT2D eigenvalue weighted by atomic mass is 9.94. The standard InChI is InChI=1S/C8H9F4NO3/c9-5(6(14)15)1-4-2-13(3-4)7(16)8(10,11)12/h4-5H,1-3H2,(H,14,15). The lowest BCUT2D eigenvalue weighted by Gasteiger charge is -2.39. The minimum atomic E-state index is -4.92. The van der Waals surface area contributed by atoms with Crippen molar-refractivity contribution in [3.63, 3.8) is 0 Å². The van der Waals surface area contributed by atoms with E-state index in [0.29, 0.717) is 4.90 Å². The maximum atomic E-state index is 12.6. The molecule has 0 aliphatic carbocycles. The van der Waals surface area contributed by atoms with Crippen LogP contribution in [0.5, 0.6) is 0 Å². The Bertz CT molecular complexity index is 298. The molecule has 0 aromatic rings. The predicted octanol–water partition coefficient (Wildman–Crippen LogP) is 0.820. The van der Waals surface area contributed by atoms with E-state index in [2.05, 4.69) is 0 Å². The third-order valence-electron chi connectivity index (χ3n) is 2.30. The first-order valence-corrected chi connectivity index (χ1v) is 4.44. The molecule has 0 spiro atoms. The zero-order valence-corrected chi connectivity index (χ0v) is 8.00. The third-order valence-corrected chi connectivity index (χ3v) is 2.30. The smallest absolute Gasteiger partial charge is 0.471 e. The number of likely N-dealkylation sites (tertiary alicyclic amines) is 1. The van der Waals surface area contributed by atoms with Gasteiger partial charge in [0, 0.05) is 13.1 Å². The van der Waals surface area contributed by atoms with Gasteiger partial charge < -0.3 is 10.0 Å². The average molecular weight is 243 g/mol. The van der Waals surface area contributed by atoms with Crippen LogP contribution < -0.4 is 0 Å². The normalized spacial score (nSPS) is 19.1. The largest absolute Gasteiger partial charge is 0.479 e. The molecule has 8 heteroatoms. The van der Waals surface area contributed by atoms with Crippen LogP contribution in [-0.4, -0.2) is 47.3 Å². The van der Waals surface area contributed by atoms with Gasteiger partial charge in [-0.05, 0) is 12.3 Å². The lowest BCUT2D eigenvalue weighted by molar-refractivity contribution is -0.192. The number of rotatable bonds is 3. The fourth-order valence-corrected chi connectivity index (χ4v) is 1.46. The van der Waals surface area contributed by atoms with E-state index in [0.717, 1.165) is 0 Å². The van der Waals surface area contributed by atoms with E-state index in [9.17, 15) is 27.2 Å². The molecule has 1 aliphatic rings. The van der Waals surface area contributed by atoms with E-state index in [1.165, 1.54) is 0 Å². The van der Waals surface area contributed by atoms with E-state index in [1.54, 1.807) is 0 Å². The van der Waals surface area contributed by atoms with Crippen molar-refractivity contribution in [2.75, 3.05) is 13.1 Å². The zero-order chi connectivity index (χ0) is 12.5. The number of hydrogen-bond acceptors (Lipinski definition) is 2. The number of carbonyl (C=O) groups excluding carboxylic acids is 1. The van der Waals surface area contributed by atoms with Crippen LogP contribution in [0.3, 0.4) is 0 Å². The van der Waals surface area contributed by atoms with Crippen molar-refractivity contribution in [2.24, 2.45) is 5.92 Å². The molecule has 1 N–H and O–H groups in total. The molecule has 0 radical (unpaired) electrons. The van der Waals surface area contributed by atoms with Crippen molar-refractivity contribution in [3.05, 3.63) is 0 Å². The Morgan fingerprint density at radius 3 is 2.25 bits per heavy atom. The van der Waals surface area contributed by atoms with Crippen molar-refractivity contribution in [1.29, 1.82) is 0 Å². The molecule has 0 saturated carbocycles. The summed E-state index contributed by atoms with van der Waals surface area (Å²) in [5.41, 5.74) is 0.